The van der Waals surface area contributed by atoms with Crippen LogP contribution in [0.3, 0.4) is 0 Å². The Hall–Kier alpha value is -3.13. The molecule has 0 bridgehead atoms. The zero-order valence-corrected chi connectivity index (χ0v) is 14.2. The molecule has 0 spiro atoms. The Labute approximate surface area is 152 Å². The van der Waals surface area contributed by atoms with Gasteiger partial charge in [0.25, 0.3) is 0 Å². The molecule has 2 N–H and O–H groups in total. The van der Waals surface area contributed by atoms with Gasteiger partial charge in [0, 0.05) is 35.4 Å². The third-order valence-electron chi connectivity index (χ3n) is 4.06. The molecular weight excluding hydrogens is 355 g/mol. The lowest BCUT2D eigenvalue weighted by Crippen LogP contribution is -2.30. The van der Waals surface area contributed by atoms with E-state index in [2.05, 4.69) is 20.6 Å². The van der Waals surface area contributed by atoms with Crippen molar-refractivity contribution in [1.29, 1.82) is 0 Å². The summed E-state index contributed by atoms with van der Waals surface area (Å²) >= 11 is 1.29. The predicted molar refractivity (Wildman–Crippen MR) is 96.4 cm³/mol. The van der Waals surface area contributed by atoms with Gasteiger partial charge in [0.05, 0.1) is 11.6 Å². The standard InChI is InChI=1S/C18H13FN4O2S/c19-11-3-4-12-13(7-16(24)21-14(12)6-11)17(25)23-18-22-15(9-26-18)10-2-1-5-20-8-10/h1-6,8-9,13H,7H2,(H,21,24)(H,22,23,25). The second-order valence-electron chi connectivity index (χ2n) is 5.81. The third-order valence-corrected chi connectivity index (χ3v) is 4.82. The Balaban J connectivity index is 1.56. The van der Waals surface area contributed by atoms with Crippen molar-refractivity contribution in [3.8, 4) is 11.3 Å². The van der Waals surface area contributed by atoms with Crippen LogP contribution in [-0.4, -0.2) is 21.8 Å². The molecule has 26 heavy (non-hydrogen) atoms. The van der Waals surface area contributed by atoms with Crippen LogP contribution in [0.15, 0.2) is 48.1 Å². The molecule has 0 saturated heterocycles. The number of fused-ring (bicyclic) bond motifs is 1. The first-order valence-corrected chi connectivity index (χ1v) is 8.74. The maximum absolute atomic E-state index is 13.4. The van der Waals surface area contributed by atoms with Crippen molar-refractivity contribution in [3.63, 3.8) is 0 Å². The van der Waals surface area contributed by atoms with Gasteiger partial charge in [-0.1, -0.05) is 6.07 Å². The maximum atomic E-state index is 13.4. The van der Waals surface area contributed by atoms with Crippen LogP contribution in [0.1, 0.15) is 17.9 Å². The number of thiazole rings is 1. The number of hydrogen-bond acceptors (Lipinski definition) is 5. The molecule has 2 aromatic heterocycles. The van der Waals surface area contributed by atoms with E-state index in [1.54, 1.807) is 12.4 Å². The van der Waals surface area contributed by atoms with Crippen LogP contribution in [-0.2, 0) is 9.59 Å². The van der Waals surface area contributed by atoms with E-state index in [4.69, 9.17) is 0 Å². The highest BCUT2D eigenvalue weighted by Gasteiger charge is 2.31. The monoisotopic (exact) mass is 368 g/mol. The molecule has 1 aliphatic heterocycles. The number of nitrogens with zero attached hydrogens (tertiary/aromatic N) is 2. The van der Waals surface area contributed by atoms with Crippen LogP contribution < -0.4 is 10.6 Å². The average molecular weight is 368 g/mol. The first kappa shape index (κ1) is 16.3. The minimum Gasteiger partial charge on any atom is -0.326 e. The number of pyridine rings is 1. The van der Waals surface area contributed by atoms with Crippen LogP contribution in [0.5, 0.6) is 0 Å². The molecule has 6 nitrogen and oxygen atoms in total. The van der Waals surface area contributed by atoms with E-state index in [1.807, 2.05) is 17.5 Å². The summed E-state index contributed by atoms with van der Waals surface area (Å²) in [5, 5.41) is 7.61. The lowest BCUT2D eigenvalue weighted by molar-refractivity contribution is -0.123. The van der Waals surface area contributed by atoms with E-state index in [9.17, 15) is 14.0 Å². The van der Waals surface area contributed by atoms with Crippen molar-refractivity contribution >= 4 is 34.0 Å². The van der Waals surface area contributed by atoms with Gasteiger partial charge in [0.2, 0.25) is 11.8 Å². The first-order chi connectivity index (χ1) is 12.6. The van der Waals surface area contributed by atoms with Gasteiger partial charge in [0.1, 0.15) is 5.82 Å². The van der Waals surface area contributed by atoms with E-state index in [0.717, 1.165) is 5.56 Å². The Morgan fingerprint density at radius 2 is 2.23 bits per heavy atom. The Morgan fingerprint density at radius 1 is 1.35 bits per heavy atom. The lowest BCUT2D eigenvalue weighted by Gasteiger charge is -2.24. The minimum atomic E-state index is -0.690. The molecule has 0 fully saturated rings. The highest BCUT2D eigenvalue weighted by molar-refractivity contribution is 7.14. The van der Waals surface area contributed by atoms with Crippen molar-refractivity contribution < 1.29 is 14.0 Å². The number of halogens is 1. The largest absolute Gasteiger partial charge is 0.326 e. The molecule has 0 aliphatic carbocycles. The van der Waals surface area contributed by atoms with Crippen molar-refractivity contribution in [2.45, 2.75) is 12.3 Å². The summed E-state index contributed by atoms with van der Waals surface area (Å²) in [4.78, 5) is 33.0. The van der Waals surface area contributed by atoms with Gasteiger partial charge >= 0.3 is 0 Å². The van der Waals surface area contributed by atoms with Gasteiger partial charge in [-0.05, 0) is 29.8 Å². The summed E-state index contributed by atoms with van der Waals surface area (Å²) in [5.41, 5.74) is 2.48. The quantitative estimate of drug-likeness (QED) is 0.742. The summed E-state index contributed by atoms with van der Waals surface area (Å²) in [6, 6.07) is 7.71. The molecule has 3 aromatic rings. The van der Waals surface area contributed by atoms with Gasteiger partial charge in [-0.25, -0.2) is 9.37 Å². The fraction of sp³-hybridized carbons (Fsp3) is 0.111. The van der Waals surface area contributed by atoms with Gasteiger partial charge < -0.3 is 10.6 Å². The molecule has 0 saturated carbocycles. The van der Waals surface area contributed by atoms with E-state index >= 15 is 0 Å². The Kier molecular flexibility index (Phi) is 4.18. The molecule has 3 heterocycles. The molecule has 130 valence electrons. The summed E-state index contributed by atoms with van der Waals surface area (Å²) in [6.07, 6.45) is 3.37. The van der Waals surface area contributed by atoms with Crippen LogP contribution in [0.2, 0.25) is 0 Å². The average Bonchev–Trinajstić information content (AvgIpc) is 3.10. The number of aromatic nitrogens is 2. The molecule has 8 heteroatoms. The smallest absolute Gasteiger partial charge is 0.234 e. The van der Waals surface area contributed by atoms with Crippen LogP contribution in [0, 0.1) is 5.82 Å². The fourth-order valence-corrected chi connectivity index (χ4v) is 3.56. The van der Waals surface area contributed by atoms with Crippen LogP contribution >= 0.6 is 11.3 Å². The topological polar surface area (TPSA) is 84.0 Å². The van der Waals surface area contributed by atoms with E-state index in [0.29, 0.717) is 22.1 Å². The number of rotatable bonds is 3. The SMILES string of the molecule is O=C1CC(C(=O)Nc2nc(-c3cccnc3)cs2)c2ccc(F)cc2N1. The lowest BCUT2D eigenvalue weighted by atomic mass is 9.90. The van der Waals surface area contributed by atoms with Crippen LogP contribution in [0.4, 0.5) is 15.2 Å². The molecule has 1 unspecified atom stereocenters. The van der Waals surface area contributed by atoms with Gasteiger partial charge in [-0.3, -0.25) is 14.6 Å². The molecule has 2 amide bonds. The van der Waals surface area contributed by atoms with Crippen LogP contribution in [0.25, 0.3) is 11.3 Å². The Morgan fingerprint density at radius 3 is 3.04 bits per heavy atom. The van der Waals surface area contributed by atoms with Crippen molar-refractivity contribution in [2.75, 3.05) is 10.6 Å². The first-order valence-electron chi connectivity index (χ1n) is 7.86. The number of carbonyl (C=O) groups is 2. The number of anilines is 2. The van der Waals surface area contributed by atoms with Crippen molar-refractivity contribution in [1.82, 2.24) is 9.97 Å². The Bertz CT molecular complexity index is 990. The number of benzene rings is 1. The van der Waals surface area contributed by atoms with E-state index in [1.165, 1.54) is 29.5 Å². The number of carbonyl (C=O) groups excluding carboxylic acids is 2. The van der Waals surface area contributed by atoms with Crippen molar-refractivity contribution in [3.05, 3.63) is 59.5 Å². The highest BCUT2D eigenvalue weighted by Crippen LogP contribution is 2.34. The van der Waals surface area contributed by atoms with Crippen molar-refractivity contribution in [2.24, 2.45) is 0 Å². The third kappa shape index (κ3) is 3.18. The second kappa shape index (κ2) is 6.64. The normalized spacial score (nSPS) is 15.9. The summed E-state index contributed by atoms with van der Waals surface area (Å²) < 4.78 is 13.4. The molecular formula is C18H13FN4O2S. The molecule has 4 rings (SSSR count). The highest BCUT2D eigenvalue weighted by atomic mass is 32.1. The number of amides is 2. The van der Waals surface area contributed by atoms with Gasteiger partial charge in [0.15, 0.2) is 5.13 Å². The molecule has 1 aliphatic rings. The van der Waals surface area contributed by atoms with Gasteiger partial charge in [-0.2, -0.15) is 0 Å². The predicted octanol–water partition coefficient (Wildman–Crippen LogP) is 3.41. The van der Waals surface area contributed by atoms with E-state index in [-0.39, 0.29) is 18.2 Å². The second-order valence-corrected chi connectivity index (χ2v) is 6.66. The molecule has 1 atom stereocenters. The molecule has 1 aromatic carbocycles. The van der Waals surface area contributed by atoms with Gasteiger partial charge in [-0.15, -0.1) is 11.3 Å². The minimum absolute atomic E-state index is 0.00526. The molecule has 0 radical (unpaired) electrons. The fourth-order valence-electron chi connectivity index (χ4n) is 2.84. The number of nitrogens with one attached hydrogen (secondary N) is 2. The summed E-state index contributed by atoms with van der Waals surface area (Å²) in [7, 11) is 0. The summed E-state index contributed by atoms with van der Waals surface area (Å²) in [5.74, 6) is -1.82. The zero-order valence-electron chi connectivity index (χ0n) is 13.4. The van der Waals surface area contributed by atoms with E-state index < -0.39 is 11.7 Å². The summed E-state index contributed by atoms with van der Waals surface area (Å²) in [6.45, 7) is 0. The number of hydrogen-bond donors (Lipinski definition) is 2. The maximum Gasteiger partial charge on any atom is 0.234 e. The zero-order chi connectivity index (χ0) is 18.1.